The third-order valence-electron chi connectivity index (χ3n) is 3.53. The van der Waals surface area contributed by atoms with Crippen molar-refractivity contribution in [2.45, 2.75) is 38.8 Å². The van der Waals surface area contributed by atoms with Crippen molar-refractivity contribution in [2.75, 3.05) is 0 Å². The zero-order chi connectivity index (χ0) is 13.9. The number of rotatable bonds is 5. The second-order valence-corrected chi connectivity index (χ2v) is 6.27. The first kappa shape index (κ1) is 13.3. The average molecular weight is 286 g/mol. The number of amides is 1. The normalized spacial score (nSPS) is 14.2. The largest absolute Gasteiger partial charge is 0.329 e. The predicted octanol–water partition coefficient (Wildman–Crippen LogP) is 3.51. The Morgan fingerprint density at radius 1 is 1.35 bits per heavy atom. The van der Waals surface area contributed by atoms with E-state index in [2.05, 4.69) is 18.0 Å². The van der Waals surface area contributed by atoms with Gasteiger partial charge in [0, 0.05) is 17.1 Å². The van der Waals surface area contributed by atoms with Gasteiger partial charge in [-0.3, -0.25) is 9.78 Å². The highest BCUT2D eigenvalue weighted by atomic mass is 32.1. The lowest BCUT2D eigenvalue weighted by Gasteiger charge is -2.21. The van der Waals surface area contributed by atoms with Gasteiger partial charge in [-0.05, 0) is 43.5 Å². The molecule has 0 unspecified atom stereocenters. The summed E-state index contributed by atoms with van der Waals surface area (Å²) >= 11 is 1.61. The van der Waals surface area contributed by atoms with Crippen LogP contribution in [0, 0.1) is 0 Å². The molecule has 2 aromatic heterocycles. The molecule has 104 valence electrons. The lowest BCUT2D eigenvalue weighted by atomic mass is 10.3. The molecule has 3 rings (SSSR count). The van der Waals surface area contributed by atoms with Crippen LogP contribution in [0.25, 0.3) is 0 Å². The molecule has 1 aliphatic rings. The fourth-order valence-electron chi connectivity index (χ4n) is 2.24. The molecule has 0 aliphatic heterocycles. The quantitative estimate of drug-likeness (QED) is 0.842. The van der Waals surface area contributed by atoms with Gasteiger partial charge < -0.3 is 4.90 Å². The average Bonchev–Trinajstić information content (AvgIpc) is 3.21. The number of aromatic nitrogens is 1. The predicted molar refractivity (Wildman–Crippen MR) is 80.8 cm³/mol. The van der Waals surface area contributed by atoms with Gasteiger partial charge in [0.25, 0.3) is 5.91 Å². The first-order chi connectivity index (χ1) is 9.78. The minimum atomic E-state index is 0.155. The van der Waals surface area contributed by atoms with Crippen molar-refractivity contribution in [1.82, 2.24) is 9.88 Å². The second kappa shape index (κ2) is 5.75. The van der Waals surface area contributed by atoms with Gasteiger partial charge in [0.05, 0.1) is 17.1 Å². The molecule has 1 saturated carbocycles. The zero-order valence-corrected chi connectivity index (χ0v) is 12.4. The van der Waals surface area contributed by atoms with Crippen molar-refractivity contribution in [3.63, 3.8) is 0 Å². The van der Waals surface area contributed by atoms with E-state index < -0.39 is 0 Å². The van der Waals surface area contributed by atoms with Crippen LogP contribution in [0.2, 0.25) is 0 Å². The number of nitrogens with zero attached hydrogens (tertiary/aromatic N) is 2. The molecule has 2 aromatic rings. The molecule has 0 atom stereocenters. The Kier molecular flexibility index (Phi) is 3.83. The molecule has 0 aromatic carbocycles. The fourth-order valence-corrected chi connectivity index (χ4v) is 3.15. The summed E-state index contributed by atoms with van der Waals surface area (Å²) in [6, 6.07) is 10.3. The molecule has 2 heterocycles. The molecule has 20 heavy (non-hydrogen) atoms. The summed E-state index contributed by atoms with van der Waals surface area (Å²) in [5.41, 5.74) is 0.958. The standard InChI is InChI=1S/C16H18N2OS/c1-2-14-8-9-15(20-14)16(19)18(13-6-7-13)11-12-5-3-4-10-17-12/h3-5,8-10,13H,2,6-7,11H2,1H3. The Bertz CT molecular complexity index is 590. The van der Waals surface area contributed by atoms with E-state index in [1.807, 2.05) is 29.2 Å². The molecule has 1 aliphatic carbocycles. The van der Waals surface area contributed by atoms with Gasteiger partial charge in [-0.1, -0.05) is 13.0 Å². The maximum Gasteiger partial charge on any atom is 0.264 e. The number of hydrogen-bond acceptors (Lipinski definition) is 3. The van der Waals surface area contributed by atoms with E-state index in [1.165, 1.54) is 4.88 Å². The van der Waals surface area contributed by atoms with Crippen molar-refractivity contribution in [3.05, 3.63) is 52.0 Å². The van der Waals surface area contributed by atoms with Gasteiger partial charge in [-0.2, -0.15) is 0 Å². The molecule has 0 N–H and O–H groups in total. The monoisotopic (exact) mass is 286 g/mol. The smallest absolute Gasteiger partial charge is 0.264 e. The van der Waals surface area contributed by atoms with Crippen LogP contribution in [0.15, 0.2) is 36.5 Å². The summed E-state index contributed by atoms with van der Waals surface area (Å²) in [7, 11) is 0. The zero-order valence-electron chi connectivity index (χ0n) is 11.6. The van der Waals surface area contributed by atoms with E-state index in [0.717, 1.165) is 29.8 Å². The lowest BCUT2D eigenvalue weighted by Crippen LogP contribution is -2.32. The van der Waals surface area contributed by atoms with Gasteiger partial charge in [0.2, 0.25) is 0 Å². The van der Waals surface area contributed by atoms with Crippen molar-refractivity contribution in [1.29, 1.82) is 0 Å². The number of hydrogen-bond donors (Lipinski definition) is 0. The van der Waals surface area contributed by atoms with Crippen molar-refractivity contribution >= 4 is 17.2 Å². The van der Waals surface area contributed by atoms with Crippen LogP contribution in [0.3, 0.4) is 0 Å². The number of thiophene rings is 1. The Labute approximate surface area is 123 Å². The van der Waals surface area contributed by atoms with E-state index in [4.69, 9.17) is 0 Å². The van der Waals surface area contributed by atoms with Crippen LogP contribution in [-0.2, 0) is 13.0 Å². The van der Waals surface area contributed by atoms with E-state index in [0.29, 0.717) is 12.6 Å². The first-order valence-corrected chi connectivity index (χ1v) is 7.89. The Hall–Kier alpha value is -1.68. The van der Waals surface area contributed by atoms with Gasteiger partial charge in [0.1, 0.15) is 0 Å². The van der Waals surface area contributed by atoms with E-state index >= 15 is 0 Å². The molecular formula is C16H18N2OS. The highest BCUT2D eigenvalue weighted by Crippen LogP contribution is 2.31. The van der Waals surface area contributed by atoms with Gasteiger partial charge in [-0.25, -0.2) is 0 Å². The topological polar surface area (TPSA) is 33.2 Å². The number of pyridine rings is 1. The molecule has 0 spiro atoms. The van der Waals surface area contributed by atoms with Crippen molar-refractivity contribution < 1.29 is 4.79 Å². The van der Waals surface area contributed by atoms with Crippen molar-refractivity contribution in [2.24, 2.45) is 0 Å². The molecule has 4 heteroatoms. The van der Waals surface area contributed by atoms with Gasteiger partial charge in [0.15, 0.2) is 0 Å². The third kappa shape index (κ3) is 2.90. The second-order valence-electron chi connectivity index (χ2n) is 5.10. The summed E-state index contributed by atoms with van der Waals surface area (Å²) in [6.45, 7) is 2.73. The maximum absolute atomic E-state index is 12.7. The number of aryl methyl sites for hydroxylation is 1. The fraction of sp³-hybridized carbons (Fsp3) is 0.375. The van der Waals surface area contributed by atoms with Crippen molar-refractivity contribution in [3.8, 4) is 0 Å². The molecule has 1 amide bonds. The van der Waals surface area contributed by atoms with Gasteiger partial charge >= 0.3 is 0 Å². The molecule has 0 saturated heterocycles. The first-order valence-electron chi connectivity index (χ1n) is 7.07. The maximum atomic E-state index is 12.7. The lowest BCUT2D eigenvalue weighted by molar-refractivity contribution is 0.0732. The molecule has 3 nitrogen and oxygen atoms in total. The molecule has 0 bridgehead atoms. The van der Waals surface area contributed by atoms with E-state index in [9.17, 15) is 4.79 Å². The Balaban J connectivity index is 1.78. The molecule has 1 fully saturated rings. The Morgan fingerprint density at radius 2 is 2.20 bits per heavy atom. The SMILES string of the molecule is CCc1ccc(C(=O)N(Cc2ccccn2)C2CC2)s1. The van der Waals surface area contributed by atoms with E-state index in [1.54, 1.807) is 17.5 Å². The minimum Gasteiger partial charge on any atom is -0.329 e. The molecular weight excluding hydrogens is 268 g/mol. The van der Waals surface area contributed by atoms with Gasteiger partial charge in [-0.15, -0.1) is 11.3 Å². The van der Waals surface area contributed by atoms with Crippen LogP contribution in [-0.4, -0.2) is 21.8 Å². The highest BCUT2D eigenvalue weighted by molar-refractivity contribution is 7.14. The number of carbonyl (C=O) groups is 1. The highest BCUT2D eigenvalue weighted by Gasteiger charge is 2.33. The number of carbonyl (C=O) groups excluding carboxylic acids is 1. The van der Waals surface area contributed by atoms with Crippen LogP contribution in [0.5, 0.6) is 0 Å². The summed E-state index contributed by atoms with van der Waals surface area (Å²) in [5.74, 6) is 0.155. The Morgan fingerprint density at radius 3 is 2.80 bits per heavy atom. The van der Waals surface area contributed by atoms with Crippen LogP contribution in [0.4, 0.5) is 0 Å². The third-order valence-corrected chi connectivity index (χ3v) is 4.75. The summed E-state index contributed by atoms with van der Waals surface area (Å²) in [4.78, 5) is 21.1. The summed E-state index contributed by atoms with van der Waals surface area (Å²) in [5, 5.41) is 0. The summed E-state index contributed by atoms with van der Waals surface area (Å²) < 4.78 is 0. The summed E-state index contributed by atoms with van der Waals surface area (Å²) in [6.07, 6.45) is 5.00. The minimum absolute atomic E-state index is 0.155. The van der Waals surface area contributed by atoms with E-state index in [-0.39, 0.29) is 5.91 Å². The van der Waals surface area contributed by atoms with Crippen LogP contribution < -0.4 is 0 Å². The van der Waals surface area contributed by atoms with Crippen LogP contribution in [0.1, 0.15) is 40.0 Å². The molecule has 0 radical (unpaired) electrons. The van der Waals surface area contributed by atoms with Crippen LogP contribution >= 0.6 is 11.3 Å².